The molecule has 2 nitrogen and oxygen atoms in total. The van der Waals surface area contributed by atoms with E-state index >= 15 is 0 Å². The highest BCUT2D eigenvalue weighted by atomic mass is 16.5. The minimum absolute atomic E-state index is 0.760. The van der Waals surface area contributed by atoms with Crippen molar-refractivity contribution in [1.29, 1.82) is 0 Å². The number of hydrogen-bond acceptors (Lipinski definition) is 2. The van der Waals surface area contributed by atoms with Crippen molar-refractivity contribution in [3.63, 3.8) is 0 Å². The Morgan fingerprint density at radius 1 is 1.45 bits per heavy atom. The van der Waals surface area contributed by atoms with Crippen LogP contribution in [-0.2, 0) is 6.42 Å². The average molecular weight is 151 g/mol. The predicted octanol–water partition coefficient (Wildman–Crippen LogP) is 2.44. The first-order valence-electron chi connectivity index (χ1n) is 3.86. The topological polar surface area (TPSA) is 32.3 Å². The molecule has 0 aromatic heterocycles. The van der Waals surface area contributed by atoms with Crippen LogP contribution in [0.2, 0.25) is 0 Å². The largest absolute Gasteiger partial charge is 0.291 e. The van der Waals surface area contributed by atoms with E-state index in [1.54, 1.807) is 0 Å². The summed E-state index contributed by atoms with van der Waals surface area (Å²) in [6.45, 7) is 2.14. The molecule has 0 radical (unpaired) electrons. The molecule has 0 fully saturated rings. The molecule has 11 heavy (non-hydrogen) atoms. The average Bonchev–Trinajstić information content (AvgIpc) is 2.06. The van der Waals surface area contributed by atoms with Crippen molar-refractivity contribution in [2.24, 2.45) is 0 Å². The van der Waals surface area contributed by atoms with Gasteiger partial charge in [0.05, 0.1) is 5.69 Å². The maximum Gasteiger partial charge on any atom is 0.0604 e. The van der Waals surface area contributed by atoms with Gasteiger partial charge in [-0.2, -0.15) is 0 Å². The molecule has 2 N–H and O–H groups in total. The third-order valence-corrected chi connectivity index (χ3v) is 1.59. The Morgan fingerprint density at radius 3 is 2.91 bits per heavy atom. The Hall–Kier alpha value is -1.02. The smallest absolute Gasteiger partial charge is 0.0604 e. The van der Waals surface area contributed by atoms with Crippen LogP contribution in [-0.4, -0.2) is 5.21 Å². The maximum absolute atomic E-state index is 8.58. The van der Waals surface area contributed by atoms with E-state index in [2.05, 4.69) is 18.5 Å². The lowest BCUT2D eigenvalue weighted by Gasteiger charge is -2.01. The molecule has 0 unspecified atom stereocenters. The highest BCUT2D eigenvalue weighted by molar-refractivity contribution is 5.43. The molecule has 0 aliphatic heterocycles. The van der Waals surface area contributed by atoms with E-state index in [-0.39, 0.29) is 0 Å². The molecule has 0 saturated heterocycles. The van der Waals surface area contributed by atoms with E-state index in [4.69, 9.17) is 5.21 Å². The summed E-state index contributed by atoms with van der Waals surface area (Å²) in [4.78, 5) is 0. The lowest BCUT2D eigenvalue weighted by atomic mass is 10.1. The Kier molecular flexibility index (Phi) is 2.93. The Balaban J connectivity index is 2.74. The molecule has 0 saturated carbocycles. The quantitative estimate of drug-likeness (QED) is 0.650. The van der Waals surface area contributed by atoms with Gasteiger partial charge in [0.15, 0.2) is 0 Å². The van der Waals surface area contributed by atoms with Crippen LogP contribution in [0, 0.1) is 0 Å². The van der Waals surface area contributed by atoms with Crippen LogP contribution in [0.3, 0.4) is 0 Å². The number of rotatable bonds is 3. The van der Waals surface area contributed by atoms with E-state index in [0.29, 0.717) is 0 Å². The highest BCUT2D eigenvalue weighted by Crippen LogP contribution is 2.10. The molecule has 60 valence electrons. The van der Waals surface area contributed by atoms with Gasteiger partial charge in [-0.05, 0) is 24.1 Å². The summed E-state index contributed by atoms with van der Waals surface area (Å²) in [5, 5.41) is 8.58. The van der Waals surface area contributed by atoms with Gasteiger partial charge >= 0.3 is 0 Å². The minimum atomic E-state index is 0.760. The summed E-state index contributed by atoms with van der Waals surface area (Å²) in [6.07, 6.45) is 2.20. The molecule has 0 aliphatic rings. The zero-order valence-electron chi connectivity index (χ0n) is 6.67. The Bertz CT molecular complexity index is 223. The molecule has 0 amide bonds. The second kappa shape index (κ2) is 3.98. The first-order chi connectivity index (χ1) is 5.36. The second-order valence-corrected chi connectivity index (χ2v) is 2.56. The lowest BCUT2D eigenvalue weighted by Crippen LogP contribution is -1.90. The van der Waals surface area contributed by atoms with E-state index in [0.717, 1.165) is 18.5 Å². The van der Waals surface area contributed by atoms with Crippen LogP contribution in [0.4, 0.5) is 5.69 Å². The summed E-state index contributed by atoms with van der Waals surface area (Å²) >= 11 is 0. The first kappa shape index (κ1) is 8.08. The van der Waals surface area contributed by atoms with Gasteiger partial charge in [-0.25, -0.2) is 0 Å². The molecule has 0 spiro atoms. The summed E-state index contributed by atoms with van der Waals surface area (Å²) in [6, 6.07) is 7.77. The van der Waals surface area contributed by atoms with Crippen molar-refractivity contribution >= 4 is 5.69 Å². The van der Waals surface area contributed by atoms with Crippen LogP contribution >= 0.6 is 0 Å². The molecule has 1 aromatic carbocycles. The number of anilines is 1. The van der Waals surface area contributed by atoms with Gasteiger partial charge in [-0.1, -0.05) is 25.5 Å². The van der Waals surface area contributed by atoms with Gasteiger partial charge in [-0.15, -0.1) is 0 Å². The summed E-state index contributed by atoms with van der Waals surface area (Å²) in [5.41, 5.74) is 4.14. The number of aryl methyl sites for hydroxylation is 1. The third kappa shape index (κ3) is 2.24. The van der Waals surface area contributed by atoms with Gasteiger partial charge in [0, 0.05) is 0 Å². The molecule has 0 bridgehead atoms. The fraction of sp³-hybridized carbons (Fsp3) is 0.333. The molecule has 1 rings (SSSR count). The summed E-state index contributed by atoms with van der Waals surface area (Å²) in [7, 11) is 0. The number of nitrogens with one attached hydrogen (secondary N) is 1. The van der Waals surface area contributed by atoms with E-state index in [1.165, 1.54) is 5.56 Å². The van der Waals surface area contributed by atoms with Gasteiger partial charge in [-0.3, -0.25) is 10.7 Å². The van der Waals surface area contributed by atoms with E-state index < -0.39 is 0 Å². The summed E-state index contributed by atoms with van der Waals surface area (Å²) in [5.74, 6) is 0. The molecule has 2 heteroatoms. The third-order valence-electron chi connectivity index (χ3n) is 1.59. The fourth-order valence-corrected chi connectivity index (χ4v) is 1.09. The Labute approximate surface area is 66.8 Å². The Morgan fingerprint density at radius 2 is 2.27 bits per heavy atom. The van der Waals surface area contributed by atoms with Gasteiger partial charge in [0.25, 0.3) is 0 Å². The first-order valence-corrected chi connectivity index (χ1v) is 3.86. The normalized spacial score (nSPS) is 9.64. The minimum Gasteiger partial charge on any atom is -0.291 e. The molecule has 1 aromatic rings. The zero-order chi connectivity index (χ0) is 8.10. The zero-order valence-corrected chi connectivity index (χ0v) is 6.67. The molecular weight excluding hydrogens is 138 g/mol. The fourth-order valence-electron chi connectivity index (χ4n) is 1.09. The second-order valence-electron chi connectivity index (χ2n) is 2.56. The lowest BCUT2D eigenvalue weighted by molar-refractivity contribution is 0.389. The molecule has 0 heterocycles. The van der Waals surface area contributed by atoms with Crippen LogP contribution in [0.25, 0.3) is 0 Å². The van der Waals surface area contributed by atoms with Gasteiger partial charge < -0.3 is 0 Å². The highest BCUT2D eigenvalue weighted by Gasteiger charge is 1.92. The standard InChI is InChI=1S/C9H13NO/c1-2-4-8-5-3-6-9(7-8)10-11/h3,5-7,10-11H,2,4H2,1H3. The van der Waals surface area contributed by atoms with E-state index in [1.807, 2.05) is 18.2 Å². The molecular formula is C9H13NO. The monoisotopic (exact) mass is 151 g/mol. The van der Waals surface area contributed by atoms with Gasteiger partial charge in [0.1, 0.15) is 0 Å². The van der Waals surface area contributed by atoms with Crippen molar-refractivity contribution in [3.8, 4) is 0 Å². The van der Waals surface area contributed by atoms with Crippen molar-refractivity contribution < 1.29 is 5.21 Å². The summed E-state index contributed by atoms with van der Waals surface area (Å²) < 4.78 is 0. The molecule has 0 atom stereocenters. The van der Waals surface area contributed by atoms with Crippen LogP contribution in [0.1, 0.15) is 18.9 Å². The van der Waals surface area contributed by atoms with Crippen LogP contribution in [0.15, 0.2) is 24.3 Å². The number of hydrogen-bond donors (Lipinski definition) is 2. The van der Waals surface area contributed by atoms with Gasteiger partial charge in [0.2, 0.25) is 0 Å². The van der Waals surface area contributed by atoms with E-state index in [9.17, 15) is 0 Å². The van der Waals surface area contributed by atoms with Crippen molar-refractivity contribution in [3.05, 3.63) is 29.8 Å². The maximum atomic E-state index is 8.58. The van der Waals surface area contributed by atoms with Crippen LogP contribution in [0.5, 0.6) is 0 Å². The predicted molar refractivity (Wildman–Crippen MR) is 45.8 cm³/mol. The SMILES string of the molecule is CCCc1cccc(NO)c1. The van der Waals surface area contributed by atoms with Crippen molar-refractivity contribution in [2.75, 3.05) is 5.48 Å². The van der Waals surface area contributed by atoms with Crippen molar-refractivity contribution in [2.45, 2.75) is 19.8 Å². The number of benzene rings is 1. The van der Waals surface area contributed by atoms with Crippen molar-refractivity contribution in [1.82, 2.24) is 0 Å². The molecule has 0 aliphatic carbocycles. The van der Waals surface area contributed by atoms with Crippen LogP contribution < -0.4 is 5.48 Å².